The summed E-state index contributed by atoms with van der Waals surface area (Å²) in [6, 6.07) is 5.78. The highest BCUT2D eigenvalue weighted by molar-refractivity contribution is 7.10. The Morgan fingerprint density at radius 3 is 2.80 bits per heavy atom. The third kappa shape index (κ3) is 2.37. The van der Waals surface area contributed by atoms with Crippen LogP contribution < -0.4 is 5.73 Å². The zero-order valence-electron chi connectivity index (χ0n) is 7.75. The Morgan fingerprint density at radius 2 is 2.27 bits per heavy atom. The van der Waals surface area contributed by atoms with E-state index in [1.54, 1.807) is 22.7 Å². The van der Waals surface area contributed by atoms with E-state index in [1.807, 2.05) is 34.3 Å². The Labute approximate surface area is 95.1 Å². The highest BCUT2D eigenvalue weighted by atomic mass is 32.1. The maximum atomic E-state index is 10.8. The van der Waals surface area contributed by atoms with E-state index >= 15 is 0 Å². The molecule has 0 saturated carbocycles. The SMILES string of the molecule is NC(=O)OC(c1ccsc1)c1cccs1. The molecule has 5 heteroatoms. The number of rotatable bonds is 3. The van der Waals surface area contributed by atoms with E-state index in [0.29, 0.717) is 0 Å². The van der Waals surface area contributed by atoms with E-state index in [-0.39, 0.29) is 6.10 Å². The number of thiophene rings is 2. The lowest BCUT2D eigenvalue weighted by Gasteiger charge is -2.13. The average molecular weight is 239 g/mol. The van der Waals surface area contributed by atoms with Crippen LogP contribution in [0.2, 0.25) is 0 Å². The van der Waals surface area contributed by atoms with Gasteiger partial charge in [-0.05, 0) is 28.3 Å². The number of ether oxygens (including phenoxy) is 1. The number of carbonyl (C=O) groups is 1. The van der Waals surface area contributed by atoms with Crippen LogP contribution in [-0.4, -0.2) is 6.09 Å². The van der Waals surface area contributed by atoms with Gasteiger partial charge in [-0.15, -0.1) is 11.3 Å². The minimum atomic E-state index is -0.750. The van der Waals surface area contributed by atoms with Gasteiger partial charge in [-0.3, -0.25) is 0 Å². The van der Waals surface area contributed by atoms with Crippen molar-refractivity contribution in [1.82, 2.24) is 0 Å². The van der Waals surface area contributed by atoms with Crippen LogP contribution in [0.1, 0.15) is 16.5 Å². The second-order valence-electron chi connectivity index (χ2n) is 2.89. The fraction of sp³-hybridized carbons (Fsp3) is 0.100. The van der Waals surface area contributed by atoms with Crippen molar-refractivity contribution >= 4 is 28.8 Å². The summed E-state index contributed by atoms with van der Waals surface area (Å²) < 4.78 is 5.10. The molecule has 15 heavy (non-hydrogen) atoms. The Kier molecular flexibility index (Phi) is 3.03. The molecule has 0 saturated heterocycles. The maximum Gasteiger partial charge on any atom is 0.405 e. The van der Waals surface area contributed by atoms with Crippen molar-refractivity contribution in [1.29, 1.82) is 0 Å². The van der Waals surface area contributed by atoms with Crippen molar-refractivity contribution in [3.63, 3.8) is 0 Å². The van der Waals surface area contributed by atoms with Gasteiger partial charge >= 0.3 is 6.09 Å². The first-order chi connectivity index (χ1) is 7.27. The van der Waals surface area contributed by atoms with Gasteiger partial charge in [0.2, 0.25) is 0 Å². The minimum absolute atomic E-state index is 0.367. The molecule has 0 radical (unpaired) electrons. The Hall–Kier alpha value is -1.33. The summed E-state index contributed by atoms with van der Waals surface area (Å²) in [6.07, 6.45) is -1.12. The van der Waals surface area contributed by atoms with Gasteiger partial charge in [0.05, 0.1) is 0 Å². The fourth-order valence-corrected chi connectivity index (χ4v) is 2.72. The summed E-state index contributed by atoms with van der Waals surface area (Å²) in [5.41, 5.74) is 6.01. The first kappa shape index (κ1) is 10.2. The van der Waals surface area contributed by atoms with Crippen molar-refractivity contribution in [3.05, 3.63) is 44.8 Å². The molecule has 0 bridgehead atoms. The number of nitrogens with two attached hydrogens (primary N) is 1. The highest BCUT2D eigenvalue weighted by Gasteiger charge is 2.18. The topological polar surface area (TPSA) is 52.3 Å². The molecule has 1 amide bonds. The van der Waals surface area contributed by atoms with E-state index in [0.717, 1.165) is 10.4 Å². The Balaban J connectivity index is 2.29. The molecule has 78 valence electrons. The molecule has 0 aromatic carbocycles. The van der Waals surface area contributed by atoms with Crippen LogP contribution in [0.3, 0.4) is 0 Å². The van der Waals surface area contributed by atoms with E-state index in [4.69, 9.17) is 10.5 Å². The standard InChI is InChI=1S/C10H9NO2S2/c11-10(12)13-9(7-3-5-14-6-7)8-2-1-4-15-8/h1-6,9H,(H2,11,12). The molecule has 0 spiro atoms. The smallest absolute Gasteiger partial charge is 0.405 e. The Morgan fingerprint density at radius 1 is 1.40 bits per heavy atom. The van der Waals surface area contributed by atoms with Gasteiger partial charge < -0.3 is 10.5 Å². The molecule has 1 atom stereocenters. The number of primary amides is 1. The molecule has 2 rings (SSSR count). The molecular formula is C10H9NO2S2. The molecule has 1 unspecified atom stereocenters. The summed E-state index contributed by atoms with van der Waals surface area (Å²) in [7, 11) is 0. The van der Waals surface area contributed by atoms with Crippen LogP contribution in [0, 0.1) is 0 Å². The summed E-state index contributed by atoms with van der Waals surface area (Å²) in [5.74, 6) is 0. The summed E-state index contributed by atoms with van der Waals surface area (Å²) in [6.45, 7) is 0. The number of hydrogen-bond acceptors (Lipinski definition) is 4. The molecule has 0 aliphatic rings. The van der Waals surface area contributed by atoms with Gasteiger partial charge in [-0.2, -0.15) is 11.3 Å². The molecule has 2 aromatic rings. The summed E-state index contributed by atoms with van der Waals surface area (Å²) in [5, 5.41) is 5.84. The third-order valence-corrected chi connectivity index (χ3v) is 3.50. The zero-order chi connectivity index (χ0) is 10.7. The van der Waals surface area contributed by atoms with Crippen LogP contribution in [0.5, 0.6) is 0 Å². The van der Waals surface area contributed by atoms with Gasteiger partial charge in [-0.1, -0.05) is 6.07 Å². The second-order valence-corrected chi connectivity index (χ2v) is 4.65. The zero-order valence-corrected chi connectivity index (χ0v) is 9.38. The highest BCUT2D eigenvalue weighted by Crippen LogP contribution is 2.30. The van der Waals surface area contributed by atoms with Crippen LogP contribution in [0.15, 0.2) is 34.3 Å². The van der Waals surface area contributed by atoms with Gasteiger partial charge in [0, 0.05) is 10.4 Å². The summed E-state index contributed by atoms with van der Waals surface area (Å²) in [4.78, 5) is 11.8. The second kappa shape index (κ2) is 4.46. The maximum absolute atomic E-state index is 10.8. The molecule has 2 N–H and O–H groups in total. The molecule has 3 nitrogen and oxygen atoms in total. The normalized spacial score (nSPS) is 12.3. The van der Waals surface area contributed by atoms with Crippen LogP contribution in [0.4, 0.5) is 4.79 Å². The predicted molar refractivity (Wildman–Crippen MR) is 61.1 cm³/mol. The van der Waals surface area contributed by atoms with Crippen molar-refractivity contribution in [2.45, 2.75) is 6.10 Å². The van der Waals surface area contributed by atoms with Gasteiger partial charge in [0.15, 0.2) is 6.10 Å². The van der Waals surface area contributed by atoms with Crippen LogP contribution in [-0.2, 0) is 4.74 Å². The minimum Gasteiger partial charge on any atom is -0.436 e. The van der Waals surface area contributed by atoms with Crippen LogP contribution in [0.25, 0.3) is 0 Å². The van der Waals surface area contributed by atoms with Gasteiger partial charge in [0.25, 0.3) is 0 Å². The lowest BCUT2D eigenvalue weighted by atomic mass is 10.1. The van der Waals surface area contributed by atoms with E-state index in [9.17, 15) is 4.79 Å². The third-order valence-electron chi connectivity index (χ3n) is 1.88. The molecule has 0 aliphatic carbocycles. The first-order valence-corrected chi connectivity index (χ1v) is 6.11. The number of carbonyl (C=O) groups excluding carboxylic acids is 1. The number of hydrogen-bond donors (Lipinski definition) is 1. The largest absolute Gasteiger partial charge is 0.436 e. The fourth-order valence-electron chi connectivity index (χ4n) is 1.27. The van der Waals surface area contributed by atoms with Crippen molar-refractivity contribution in [2.75, 3.05) is 0 Å². The van der Waals surface area contributed by atoms with Crippen molar-refractivity contribution in [3.8, 4) is 0 Å². The van der Waals surface area contributed by atoms with E-state index < -0.39 is 6.09 Å². The molecule has 0 aliphatic heterocycles. The Bertz CT molecular complexity index is 388. The molecule has 0 fully saturated rings. The average Bonchev–Trinajstić information content (AvgIpc) is 2.87. The number of amides is 1. The lowest BCUT2D eigenvalue weighted by Crippen LogP contribution is -2.17. The monoisotopic (exact) mass is 239 g/mol. The first-order valence-electron chi connectivity index (χ1n) is 4.29. The molecular weight excluding hydrogens is 230 g/mol. The molecule has 2 heterocycles. The van der Waals surface area contributed by atoms with Gasteiger partial charge in [0.1, 0.15) is 0 Å². The van der Waals surface area contributed by atoms with E-state index in [2.05, 4.69) is 0 Å². The quantitative estimate of drug-likeness (QED) is 0.895. The van der Waals surface area contributed by atoms with Crippen molar-refractivity contribution in [2.24, 2.45) is 5.73 Å². The molecule has 2 aromatic heterocycles. The van der Waals surface area contributed by atoms with Gasteiger partial charge in [-0.25, -0.2) is 4.79 Å². The predicted octanol–water partition coefficient (Wildman–Crippen LogP) is 2.99. The van der Waals surface area contributed by atoms with Crippen LogP contribution >= 0.6 is 22.7 Å². The van der Waals surface area contributed by atoms with E-state index in [1.165, 1.54) is 0 Å². The summed E-state index contributed by atoms with van der Waals surface area (Å²) >= 11 is 3.11. The van der Waals surface area contributed by atoms with Crippen molar-refractivity contribution < 1.29 is 9.53 Å². The lowest BCUT2D eigenvalue weighted by molar-refractivity contribution is 0.128.